The van der Waals surface area contributed by atoms with Gasteiger partial charge in [0.1, 0.15) is 23.3 Å². The van der Waals surface area contributed by atoms with Crippen LogP contribution in [0.5, 0.6) is 0 Å². The summed E-state index contributed by atoms with van der Waals surface area (Å²) >= 11 is 0. The first-order valence-corrected chi connectivity index (χ1v) is 15.9. The van der Waals surface area contributed by atoms with Crippen LogP contribution >= 0.6 is 0 Å². The minimum absolute atomic E-state index is 0.0712. The fourth-order valence-corrected chi connectivity index (χ4v) is 7.27. The van der Waals surface area contributed by atoms with Crippen LogP contribution in [0.2, 0.25) is 0 Å². The molecule has 2 aromatic rings. The van der Waals surface area contributed by atoms with Crippen molar-refractivity contribution in [1.82, 2.24) is 24.0 Å². The maximum Gasteiger partial charge on any atom is 0.135 e. The van der Waals surface area contributed by atoms with Crippen molar-refractivity contribution in [3.8, 4) is 0 Å². The summed E-state index contributed by atoms with van der Waals surface area (Å²) < 4.78 is 44.9. The van der Waals surface area contributed by atoms with Gasteiger partial charge in [0, 0.05) is 62.9 Å². The zero-order valence-corrected chi connectivity index (χ0v) is 24.5. The van der Waals surface area contributed by atoms with Gasteiger partial charge in [0.2, 0.25) is 0 Å². The van der Waals surface area contributed by atoms with Crippen LogP contribution in [-0.2, 0) is 17.4 Å². The summed E-state index contributed by atoms with van der Waals surface area (Å²) in [6, 6.07) is 4.71. The highest BCUT2D eigenvalue weighted by atomic mass is 32.2. The van der Waals surface area contributed by atoms with Gasteiger partial charge in [0.05, 0.1) is 11.0 Å². The van der Waals surface area contributed by atoms with Gasteiger partial charge in [0.15, 0.2) is 0 Å². The Morgan fingerprint density at radius 3 is 2.16 bits per heavy atom. The van der Waals surface area contributed by atoms with Crippen LogP contribution in [0.1, 0.15) is 101 Å². The van der Waals surface area contributed by atoms with Crippen LogP contribution < -0.4 is 0 Å². The van der Waals surface area contributed by atoms with Gasteiger partial charge in [-0.05, 0) is 75.0 Å². The summed E-state index contributed by atoms with van der Waals surface area (Å²) in [5.74, 6) is 1.91. The third-order valence-corrected chi connectivity index (χ3v) is 9.70. The molecule has 4 rings (SSSR count). The van der Waals surface area contributed by atoms with E-state index in [9.17, 15) is 13.0 Å². The Hall–Kier alpha value is -1.71. The minimum atomic E-state index is -0.977. The number of rotatable bonds is 10. The van der Waals surface area contributed by atoms with Crippen molar-refractivity contribution < 1.29 is 13.0 Å². The predicted molar refractivity (Wildman–Crippen MR) is 149 cm³/mol. The molecule has 0 bridgehead atoms. The normalized spacial score (nSPS) is 21.2. The number of hydrogen-bond donors (Lipinski definition) is 0. The first-order chi connectivity index (χ1) is 18.2. The molecule has 6 nitrogen and oxygen atoms in total. The van der Waals surface area contributed by atoms with Gasteiger partial charge in [-0.25, -0.2) is 17.3 Å². The standard InChI is InChI=1S/C29H45F2N5OS/c1-6-7-28-32-33-29(20(2)3)36(28)26-10-12-34(13-11-26)21(4)16-27(23-17-24(30)19-25(31)18-23)22-8-14-35(15-9-22)38(5)37/h17-22,26-27H,6-16H2,1-5H3. The zero-order chi connectivity index (χ0) is 27.4. The van der Waals surface area contributed by atoms with Crippen molar-refractivity contribution in [2.45, 2.75) is 96.6 Å². The number of nitrogens with zero attached hydrogens (tertiary/aromatic N) is 5. The van der Waals surface area contributed by atoms with Crippen LogP contribution in [0, 0.1) is 17.6 Å². The third kappa shape index (κ3) is 6.89. The number of halogens is 2. The Kier molecular flexibility index (Phi) is 10.1. The topological polar surface area (TPSA) is 54.3 Å². The van der Waals surface area contributed by atoms with Crippen molar-refractivity contribution in [3.05, 3.63) is 47.0 Å². The maximum atomic E-state index is 14.3. The Morgan fingerprint density at radius 2 is 1.61 bits per heavy atom. The summed E-state index contributed by atoms with van der Waals surface area (Å²) in [7, 11) is -0.977. The quantitative estimate of drug-likeness (QED) is 0.374. The Balaban J connectivity index is 1.46. The molecule has 2 fully saturated rings. The first-order valence-electron chi connectivity index (χ1n) is 14.4. The second kappa shape index (κ2) is 13.1. The van der Waals surface area contributed by atoms with Gasteiger partial charge in [-0.2, -0.15) is 0 Å². The van der Waals surface area contributed by atoms with E-state index in [-0.39, 0.29) is 5.92 Å². The molecular formula is C29H45F2N5OS. The fraction of sp³-hybridized carbons (Fsp3) is 0.724. The van der Waals surface area contributed by atoms with Gasteiger partial charge >= 0.3 is 0 Å². The van der Waals surface area contributed by atoms with E-state index in [1.165, 1.54) is 12.1 Å². The minimum Gasteiger partial charge on any atom is -0.312 e. The molecule has 0 spiro atoms. The van der Waals surface area contributed by atoms with Crippen molar-refractivity contribution in [2.75, 3.05) is 32.4 Å². The largest absolute Gasteiger partial charge is 0.312 e. The molecule has 38 heavy (non-hydrogen) atoms. The van der Waals surface area contributed by atoms with Gasteiger partial charge in [0.25, 0.3) is 0 Å². The van der Waals surface area contributed by atoms with Crippen LogP contribution in [-0.4, -0.2) is 66.7 Å². The molecule has 0 N–H and O–H groups in total. The van der Waals surface area contributed by atoms with Crippen molar-refractivity contribution >= 4 is 11.0 Å². The molecule has 2 saturated heterocycles. The molecule has 1 aromatic heterocycles. The number of aryl methyl sites for hydroxylation is 1. The summed E-state index contributed by atoms with van der Waals surface area (Å²) in [4.78, 5) is 2.55. The Labute approximate surface area is 229 Å². The molecule has 0 aliphatic carbocycles. The fourth-order valence-electron chi connectivity index (χ4n) is 6.55. The van der Waals surface area contributed by atoms with E-state index in [1.807, 2.05) is 4.31 Å². The average molecular weight is 550 g/mol. The van der Waals surface area contributed by atoms with E-state index >= 15 is 0 Å². The molecule has 0 amide bonds. The van der Waals surface area contributed by atoms with Crippen LogP contribution in [0.25, 0.3) is 0 Å². The smallest absolute Gasteiger partial charge is 0.135 e. The molecule has 3 unspecified atom stereocenters. The molecule has 1 aromatic carbocycles. The van der Waals surface area contributed by atoms with Gasteiger partial charge in [-0.15, -0.1) is 10.2 Å². The highest BCUT2D eigenvalue weighted by Gasteiger charge is 2.33. The maximum absolute atomic E-state index is 14.3. The number of likely N-dealkylation sites (tertiary alicyclic amines) is 1. The zero-order valence-electron chi connectivity index (χ0n) is 23.7. The molecule has 2 aliphatic heterocycles. The van der Waals surface area contributed by atoms with Crippen LogP contribution in [0.15, 0.2) is 18.2 Å². The van der Waals surface area contributed by atoms with Crippen LogP contribution in [0.4, 0.5) is 8.78 Å². The summed E-state index contributed by atoms with van der Waals surface area (Å²) in [6.07, 6.45) is 8.48. The SMILES string of the molecule is CCCc1nnc(C(C)C)n1C1CCN(C(C)CC(c2cc(F)cc(F)c2)C2CCN(S(C)=O)CC2)CC1. The third-order valence-electron chi connectivity index (χ3n) is 8.61. The number of benzene rings is 1. The first kappa shape index (κ1) is 29.3. The lowest BCUT2D eigenvalue weighted by Crippen LogP contribution is -2.43. The van der Waals surface area contributed by atoms with Crippen LogP contribution in [0.3, 0.4) is 0 Å². The number of hydrogen-bond acceptors (Lipinski definition) is 4. The van der Waals surface area contributed by atoms with E-state index in [0.717, 1.165) is 94.4 Å². The molecule has 3 heterocycles. The molecule has 3 atom stereocenters. The Bertz CT molecular complexity index is 1060. The number of piperidine rings is 2. The second-order valence-electron chi connectivity index (χ2n) is 11.6. The van der Waals surface area contributed by atoms with Crippen molar-refractivity contribution in [3.63, 3.8) is 0 Å². The van der Waals surface area contributed by atoms with Crippen molar-refractivity contribution in [1.29, 1.82) is 0 Å². The van der Waals surface area contributed by atoms with Gasteiger partial charge in [-0.3, -0.25) is 0 Å². The van der Waals surface area contributed by atoms with Gasteiger partial charge in [-0.1, -0.05) is 20.8 Å². The molecule has 212 valence electrons. The molecule has 2 aliphatic rings. The monoisotopic (exact) mass is 549 g/mol. The number of aromatic nitrogens is 3. The highest BCUT2D eigenvalue weighted by Crippen LogP contribution is 2.39. The average Bonchev–Trinajstić information content (AvgIpc) is 3.31. The van der Waals surface area contributed by atoms with E-state index in [4.69, 9.17) is 0 Å². The van der Waals surface area contributed by atoms with E-state index in [0.29, 0.717) is 23.9 Å². The second-order valence-corrected chi connectivity index (χ2v) is 13.0. The Morgan fingerprint density at radius 1 is 0.974 bits per heavy atom. The van der Waals surface area contributed by atoms with Gasteiger partial charge < -0.3 is 9.47 Å². The summed E-state index contributed by atoms with van der Waals surface area (Å²) in [6.45, 7) is 12.3. The molecule has 0 saturated carbocycles. The lowest BCUT2D eigenvalue weighted by molar-refractivity contribution is 0.120. The van der Waals surface area contributed by atoms with E-state index < -0.39 is 22.6 Å². The molecule has 0 radical (unpaired) electrons. The summed E-state index contributed by atoms with van der Waals surface area (Å²) in [5.41, 5.74) is 0.760. The lowest BCUT2D eigenvalue weighted by Gasteiger charge is -2.41. The molecular weight excluding hydrogens is 504 g/mol. The summed E-state index contributed by atoms with van der Waals surface area (Å²) in [5, 5.41) is 9.06. The molecule has 9 heteroatoms. The van der Waals surface area contributed by atoms with Crippen molar-refractivity contribution in [2.24, 2.45) is 5.92 Å². The van der Waals surface area contributed by atoms with E-state index in [1.54, 1.807) is 6.26 Å². The lowest BCUT2D eigenvalue weighted by atomic mass is 9.76. The highest BCUT2D eigenvalue weighted by molar-refractivity contribution is 7.81. The predicted octanol–water partition coefficient (Wildman–Crippen LogP) is 5.84. The van der Waals surface area contributed by atoms with E-state index in [2.05, 4.69) is 47.4 Å².